The second kappa shape index (κ2) is 16.6. The first-order chi connectivity index (χ1) is 3.46. The van der Waals surface area contributed by atoms with Gasteiger partial charge >= 0.3 is 83.2 Å². The maximum atomic E-state index is 8.36. The predicted molar refractivity (Wildman–Crippen MR) is 34.6 cm³/mol. The Morgan fingerprint density at radius 1 is 1.00 bits per heavy atom. The molecule has 0 atom stereocenters. The number of nitrogens with zero attached hydrogens (tertiary/aromatic N) is 2. The molecule has 0 rings (SSSR count). The molecule has 0 unspecified atom stereocenters. The second-order valence-electron chi connectivity index (χ2n) is 0.476. The van der Waals surface area contributed by atoms with Gasteiger partial charge in [-0.3, -0.25) is 0 Å². The van der Waals surface area contributed by atoms with Crippen molar-refractivity contribution in [3.05, 3.63) is 20.2 Å². The van der Waals surface area contributed by atoms with Gasteiger partial charge in [0.2, 0.25) is 0 Å². The van der Waals surface area contributed by atoms with Gasteiger partial charge in [-0.05, 0) is 0 Å². The van der Waals surface area contributed by atoms with Crippen molar-refractivity contribution in [1.29, 1.82) is 0 Å². The quantitative estimate of drug-likeness (QED) is 0.280. The van der Waals surface area contributed by atoms with Crippen molar-refractivity contribution in [3.8, 4) is 0 Å². The summed E-state index contributed by atoms with van der Waals surface area (Å²) < 4.78 is 0. The van der Waals surface area contributed by atoms with Crippen molar-refractivity contribution in [1.82, 2.24) is 0 Å². The summed E-state index contributed by atoms with van der Waals surface area (Å²) in [6.45, 7) is 0. The van der Waals surface area contributed by atoms with E-state index in [0.29, 0.717) is 0 Å². The Morgan fingerprint density at radius 2 is 1.00 bits per heavy atom. The molecule has 0 saturated carbocycles. The van der Waals surface area contributed by atoms with Gasteiger partial charge in [0, 0.05) is 0 Å². The Kier molecular flexibility index (Phi) is 37.3. The molecule has 0 bridgehead atoms. The van der Waals surface area contributed by atoms with Gasteiger partial charge in [0.1, 0.15) is 0 Å². The Balaban J connectivity index is -0.0000000300. The number of hydrogen-bond donors (Lipinski definition) is 2. The molecule has 0 aromatic heterocycles. The first kappa shape index (κ1) is 22.5. The predicted octanol–water partition coefficient (Wildman–Crippen LogP) is -2.53. The van der Waals surface area contributed by atoms with Crippen LogP contribution in [-0.4, -0.2) is 104 Å². The van der Waals surface area contributed by atoms with E-state index >= 15 is 0 Å². The van der Waals surface area contributed by atoms with E-state index in [1.165, 1.54) is 0 Å². The van der Waals surface area contributed by atoms with Crippen molar-refractivity contribution < 1.29 is 20.6 Å². The molecule has 0 aromatic rings. The molecular weight excluding hydrogens is 252 g/mol. The van der Waals surface area contributed by atoms with Crippen LogP contribution in [-0.2, 0) is 0 Å². The zero-order valence-corrected chi connectivity index (χ0v) is 3.42. The molecule has 0 fully saturated rings. The summed E-state index contributed by atoms with van der Waals surface area (Å²) in [5, 5.41) is 27.3. The average molecular weight is 258 g/mol. The molecule has 0 aromatic carbocycles. The fourth-order valence-corrected chi connectivity index (χ4v) is 0. The van der Waals surface area contributed by atoms with Crippen molar-refractivity contribution in [3.63, 3.8) is 0 Å². The van der Waals surface area contributed by atoms with Gasteiger partial charge in [-0.25, -0.2) is 0 Å². The molecule has 10 heavy (non-hydrogen) atoms. The summed E-state index contributed by atoms with van der Waals surface area (Å²) in [7, 11) is 0. The topological polar surface area (TPSA) is 127 Å². The van der Waals surface area contributed by atoms with Crippen LogP contribution in [0.2, 0.25) is 0 Å². The fourth-order valence-electron chi connectivity index (χ4n) is 0. The van der Waals surface area contributed by atoms with Crippen LogP contribution >= 0.6 is 0 Å². The van der Waals surface area contributed by atoms with Crippen LogP contribution in [0.15, 0.2) is 0 Å². The van der Waals surface area contributed by atoms with Crippen molar-refractivity contribution in [2.24, 2.45) is 0 Å². The summed E-state index contributed by atoms with van der Waals surface area (Å²) in [6, 6.07) is 0. The van der Waals surface area contributed by atoms with Crippen LogP contribution in [0, 0.1) is 20.2 Å². The van der Waals surface area contributed by atoms with E-state index in [2.05, 4.69) is 0 Å². The first-order valence-electron chi connectivity index (χ1n) is 1.13. The van der Waals surface area contributed by atoms with Crippen LogP contribution in [0.1, 0.15) is 0 Å². The summed E-state index contributed by atoms with van der Waals surface area (Å²) >= 11 is 0. The van der Waals surface area contributed by atoms with E-state index in [-0.39, 0.29) is 83.2 Å². The van der Waals surface area contributed by atoms with Crippen LogP contribution < -0.4 is 0 Å². The van der Waals surface area contributed by atoms with Crippen molar-refractivity contribution in [2.75, 3.05) is 0 Å². The van der Waals surface area contributed by atoms with Crippen LogP contribution in [0.5, 0.6) is 0 Å². The van der Waals surface area contributed by atoms with Crippen molar-refractivity contribution in [2.45, 2.75) is 0 Å². The summed E-state index contributed by atoms with van der Waals surface area (Å²) in [6.07, 6.45) is 0. The Hall–Kier alpha value is 1.14. The van der Waals surface area contributed by atoms with Crippen LogP contribution in [0.25, 0.3) is 0 Å². The van der Waals surface area contributed by atoms with Crippen LogP contribution in [0.3, 0.4) is 0 Å². The van der Waals surface area contributed by atoms with E-state index in [9.17, 15) is 0 Å². The molecule has 10 heteroatoms. The molecule has 0 heterocycles. The second-order valence-corrected chi connectivity index (χ2v) is 0.476. The van der Waals surface area contributed by atoms with Gasteiger partial charge in [0.05, 0.1) is 0 Å². The maximum absolute atomic E-state index is 8.36. The van der Waals surface area contributed by atoms with Crippen molar-refractivity contribution >= 4 is 83.2 Å². The third-order valence-corrected chi connectivity index (χ3v) is 0. The third kappa shape index (κ3) is 466. The molecular formula is H6CaN2O6Sr. The minimum atomic E-state index is -1.50. The van der Waals surface area contributed by atoms with Gasteiger partial charge in [-0.1, -0.05) is 0 Å². The van der Waals surface area contributed by atoms with Gasteiger partial charge in [0.15, 0.2) is 0 Å². The minimum absolute atomic E-state index is 0. The molecule has 0 saturated heterocycles. The van der Waals surface area contributed by atoms with Gasteiger partial charge in [0.25, 0.3) is 10.2 Å². The summed E-state index contributed by atoms with van der Waals surface area (Å²) in [5.74, 6) is 0. The Labute approximate surface area is 122 Å². The normalized spacial score (nSPS) is 4.80. The van der Waals surface area contributed by atoms with Gasteiger partial charge in [-0.2, -0.15) is 0 Å². The van der Waals surface area contributed by atoms with Gasteiger partial charge in [-0.15, -0.1) is 20.2 Å². The SMILES string of the molecule is O=[N+]([O-])O.O=[N+]([O-])O.[CaH2].[SrH2]. The number of rotatable bonds is 0. The van der Waals surface area contributed by atoms with Crippen LogP contribution in [0.4, 0.5) is 0 Å². The fraction of sp³-hybridized carbons (Fsp3) is 0. The first-order valence-corrected chi connectivity index (χ1v) is 1.13. The zero-order chi connectivity index (χ0) is 7.15. The molecule has 2 N–H and O–H groups in total. The van der Waals surface area contributed by atoms with Gasteiger partial charge < -0.3 is 10.4 Å². The average Bonchev–Trinajstić information content (AvgIpc) is 1.25. The van der Waals surface area contributed by atoms with E-state index in [1.807, 2.05) is 0 Å². The van der Waals surface area contributed by atoms with E-state index in [0.717, 1.165) is 0 Å². The molecule has 8 nitrogen and oxygen atoms in total. The number of hydrogen-bond acceptors (Lipinski definition) is 4. The third-order valence-electron chi connectivity index (χ3n) is 0. The van der Waals surface area contributed by atoms with E-state index < -0.39 is 10.2 Å². The van der Waals surface area contributed by atoms with E-state index in [1.54, 1.807) is 0 Å². The molecule has 56 valence electrons. The Morgan fingerprint density at radius 3 is 1.00 bits per heavy atom. The Bertz CT molecular complexity index is 73.7. The molecule has 0 aliphatic heterocycles. The molecule has 0 radical (unpaired) electrons. The summed E-state index contributed by atoms with van der Waals surface area (Å²) in [4.78, 5) is 16.7. The molecule has 0 spiro atoms. The monoisotopic (exact) mass is 258 g/mol. The zero-order valence-electron chi connectivity index (χ0n) is 3.42. The molecule has 0 aliphatic rings. The standard InChI is InChI=1S/Ca.2HNO3.Sr.4H/c;2*2-1(3)4;;;;;/h;2*(H,2,3,4);;;;;. The van der Waals surface area contributed by atoms with E-state index in [4.69, 9.17) is 30.6 Å². The molecule has 0 aliphatic carbocycles. The summed E-state index contributed by atoms with van der Waals surface area (Å²) in [5.41, 5.74) is 0. The molecule has 0 amide bonds.